The number of hydrogen-bond acceptors (Lipinski definition) is 4. The van der Waals surface area contributed by atoms with E-state index < -0.39 is 28.5 Å². The summed E-state index contributed by atoms with van der Waals surface area (Å²) >= 11 is 19.6. The number of hydrogen-bond donors (Lipinski definition) is 1. The Balaban J connectivity index is 1.84. The van der Waals surface area contributed by atoms with Gasteiger partial charge >= 0.3 is 0 Å². The Morgan fingerprint density at radius 3 is 2.00 bits per heavy atom. The molecule has 7 nitrogen and oxygen atoms in total. The first-order valence-electron chi connectivity index (χ1n) is 14.8. The minimum absolute atomic E-state index is 0.00397. The summed E-state index contributed by atoms with van der Waals surface area (Å²) in [6.45, 7) is 5.36. The standard InChI is InChI=1S/C35H36Cl3N3O4S/c1-24(2)21-39-35(43)33(19-26-11-6-4-7-12-26)40(22-29-30(36)15-10-16-31(29)37)34(42)23-41(27-18-17-25(3)32(38)20-27)46(44,45)28-13-8-5-9-14-28/h4-18,20,24,33H,19,21-23H2,1-3H3,(H,39,43)/t33-/m1/s1. The molecule has 0 saturated carbocycles. The molecule has 46 heavy (non-hydrogen) atoms. The molecule has 0 fully saturated rings. The largest absolute Gasteiger partial charge is 0.354 e. The average molecular weight is 701 g/mol. The molecule has 1 N–H and O–H groups in total. The Bertz CT molecular complexity index is 1750. The van der Waals surface area contributed by atoms with Gasteiger partial charge in [0.2, 0.25) is 11.8 Å². The van der Waals surface area contributed by atoms with Crippen LogP contribution in [0.2, 0.25) is 15.1 Å². The predicted octanol–water partition coefficient (Wildman–Crippen LogP) is 7.56. The molecule has 0 saturated heterocycles. The van der Waals surface area contributed by atoms with Crippen LogP contribution in [-0.4, -0.2) is 44.3 Å². The van der Waals surface area contributed by atoms with Gasteiger partial charge in [-0.15, -0.1) is 0 Å². The number of rotatable bonds is 13. The summed E-state index contributed by atoms with van der Waals surface area (Å²) in [6.07, 6.45) is 0.167. The Kier molecular flexibility index (Phi) is 12.1. The number of halogens is 3. The van der Waals surface area contributed by atoms with Crippen molar-refractivity contribution in [3.8, 4) is 0 Å². The highest BCUT2D eigenvalue weighted by atomic mass is 35.5. The molecule has 0 unspecified atom stereocenters. The Morgan fingerprint density at radius 1 is 0.804 bits per heavy atom. The van der Waals surface area contributed by atoms with E-state index in [9.17, 15) is 18.0 Å². The summed E-state index contributed by atoms with van der Waals surface area (Å²) in [4.78, 5) is 29.8. The summed E-state index contributed by atoms with van der Waals surface area (Å²) in [6, 6.07) is 25.9. The van der Waals surface area contributed by atoms with E-state index in [4.69, 9.17) is 34.8 Å². The van der Waals surface area contributed by atoms with Gasteiger partial charge in [-0.1, -0.05) is 109 Å². The van der Waals surface area contributed by atoms with Gasteiger partial charge < -0.3 is 10.2 Å². The summed E-state index contributed by atoms with van der Waals surface area (Å²) in [5, 5.41) is 3.92. The molecule has 11 heteroatoms. The van der Waals surface area contributed by atoms with E-state index in [-0.39, 0.29) is 35.4 Å². The number of nitrogens with one attached hydrogen (secondary N) is 1. The maximum Gasteiger partial charge on any atom is 0.264 e. The first-order valence-corrected chi connectivity index (χ1v) is 17.3. The summed E-state index contributed by atoms with van der Waals surface area (Å²) in [5.41, 5.74) is 2.19. The Morgan fingerprint density at radius 2 is 1.41 bits per heavy atom. The molecule has 0 aliphatic rings. The number of benzene rings is 4. The zero-order chi connectivity index (χ0) is 33.4. The third kappa shape index (κ3) is 8.82. The van der Waals surface area contributed by atoms with Crippen molar-refractivity contribution in [2.24, 2.45) is 5.92 Å². The van der Waals surface area contributed by atoms with Crippen molar-refractivity contribution in [1.29, 1.82) is 0 Å². The molecule has 2 amide bonds. The molecule has 242 valence electrons. The lowest BCUT2D eigenvalue weighted by atomic mass is 10.0. The summed E-state index contributed by atoms with van der Waals surface area (Å²) in [5.74, 6) is -0.862. The number of aryl methyl sites for hydroxylation is 1. The molecular formula is C35H36Cl3N3O4S. The molecular weight excluding hydrogens is 665 g/mol. The van der Waals surface area contributed by atoms with Crippen LogP contribution in [-0.2, 0) is 32.6 Å². The van der Waals surface area contributed by atoms with Crippen LogP contribution in [0.25, 0.3) is 0 Å². The molecule has 1 atom stereocenters. The van der Waals surface area contributed by atoms with E-state index >= 15 is 0 Å². The van der Waals surface area contributed by atoms with E-state index in [0.29, 0.717) is 27.2 Å². The fourth-order valence-electron chi connectivity index (χ4n) is 4.82. The van der Waals surface area contributed by atoms with Crippen molar-refractivity contribution in [2.45, 2.75) is 44.7 Å². The molecule has 0 heterocycles. The molecule has 4 rings (SSSR count). The lowest BCUT2D eigenvalue weighted by Gasteiger charge is -2.34. The maximum atomic E-state index is 14.6. The Hall–Kier alpha value is -3.56. The van der Waals surface area contributed by atoms with Crippen molar-refractivity contribution in [1.82, 2.24) is 10.2 Å². The van der Waals surface area contributed by atoms with Gasteiger partial charge in [0.25, 0.3) is 10.0 Å². The lowest BCUT2D eigenvalue weighted by molar-refractivity contribution is -0.140. The van der Waals surface area contributed by atoms with Crippen molar-refractivity contribution >= 4 is 62.3 Å². The van der Waals surface area contributed by atoms with Crippen molar-refractivity contribution < 1.29 is 18.0 Å². The van der Waals surface area contributed by atoms with Crippen molar-refractivity contribution in [3.05, 3.63) is 129 Å². The smallest absolute Gasteiger partial charge is 0.264 e. The van der Waals surface area contributed by atoms with Gasteiger partial charge in [-0.3, -0.25) is 13.9 Å². The minimum Gasteiger partial charge on any atom is -0.354 e. The molecule has 0 radical (unpaired) electrons. The van der Waals surface area contributed by atoms with Crippen LogP contribution in [0.3, 0.4) is 0 Å². The number of carbonyl (C=O) groups is 2. The molecule has 0 aliphatic heterocycles. The highest BCUT2D eigenvalue weighted by Gasteiger charge is 2.35. The van der Waals surface area contributed by atoms with Gasteiger partial charge in [-0.05, 0) is 60.4 Å². The highest BCUT2D eigenvalue weighted by Crippen LogP contribution is 2.30. The highest BCUT2D eigenvalue weighted by molar-refractivity contribution is 7.92. The fraction of sp³-hybridized carbons (Fsp3) is 0.257. The van der Waals surface area contributed by atoms with Crippen LogP contribution in [0.4, 0.5) is 5.69 Å². The second kappa shape index (κ2) is 15.8. The van der Waals surface area contributed by atoms with Gasteiger partial charge in [0, 0.05) is 40.1 Å². The van der Waals surface area contributed by atoms with Gasteiger partial charge in [0.1, 0.15) is 12.6 Å². The number of amides is 2. The van der Waals surface area contributed by atoms with Crippen LogP contribution >= 0.6 is 34.8 Å². The quantitative estimate of drug-likeness (QED) is 0.156. The normalized spacial score (nSPS) is 12.1. The first kappa shape index (κ1) is 35.3. The summed E-state index contributed by atoms with van der Waals surface area (Å²) < 4.78 is 29.2. The number of sulfonamides is 1. The van der Waals surface area contributed by atoms with Crippen LogP contribution in [0, 0.1) is 12.8 Å². The number of carbonyl (C=O) groups excluding carboxylic acids is 2. The van der Waals surface area contributed by atoms with Crippen LogP contribution in [0.15, 0.2) is 102 Å². The predicted molar refractivity (Wildman–Crippen MR) is 186 cm³/mol. The van der Waals surface area contributed by atoms with E-state index in [1.165, 1.54) is 23.1 Å². The first-order chi connectivity index (χ1) is 21.9. The van der Waals surface area contributed by atoms with Crippen molar-refractivity contribution in [2.75, 3.05) is 17.4 Å². The fourth-order valence-corrected chi connectivity index (χ4v) is 6.93. The Labute approximate surface area is 286 Å². The maximum absolute atomic E-state index is 14.6. The second-order valence-corrected chi connectivity index (χ2v) is 14.4. The zero-order valence-corrected chi connectivity index (χ0v) is 28.9. The van der Waals surface area contributed by atoms with Gasteiger partial charge in [-0.2, -0.15) is 0 Å². The lowest BCUT2D eigenvalue weighted by Crippen LogP contribution is -2.53. The SMILES string of the molecule is Cc1ccc(N(CC(=O)N(Cc2c(Cl)cccc2Cl)[C@H](Cc2ccccc2)C(=O)NCC(C)C)S(=O)(=O)c2ccccc2)cc1Cl. The van der Waals surface area contributed by atoms with E-state index in [0.717, 1.165) is 15.4 Å². The van der Waals surface area contributed by atoms with Gasteiger partial charge in [0.15, 0.2) is 0 Å². The molecule has 0 bridgehead atoms. The molecule has 0 aliphatic carbocycles. The van der Waals surface area contributed by atoms with Crippen molar-refractivity contribution in [3.63, 3.8) is 0 Å². The molecule has 0 spiro atoms. The third-order valence-corrected chi connectivity index (χ3v) is 10.3. The monoisotopic (exact) mass is 699 g/mol. The van der Waals surface area contributed by atoms with Crippen LogP contribution in [0.5, 0.6) is 0 Å². The van der Waals surface area contributed by atoms with Crippen LogP contribution < -0.4 is 9.62 Å². The molecule has 0 aromatic heterocycles. The van der Waals surface area contributed by atoms with Gasteiger partial charge in [0.05, 0.1) is 10.6 Å². The second-order valence-electron chi connectivity index (χ2n) is 11.3. The minimum atomic E-state index is -4.25. The molecule has 4 aromatic carbocycles. The average Bonchev–Trinajstić information content (AvgIpc) is 3.03. The van der Waals surface area contributed by atoms with E-state index in [2.05, 4.69) is 5.32 Å². The van der Waals surface area contributed by atoms with E-state index in [1.807, 2.05) is 44.2 Å². The van der Waals surface area contributed by atoms with Gasteiger partial charge in [-0.25, -0.2) is 8.42 Å². The number of nitrogens with zero attached hydrogens (tertiary/aromatic N) is 2. The summed E-state index contributed by atoms with van der Waals surface area (Å²) in [7, 11) is -4.25. The van der Waals surface area contributed by atoms with E-state index in [1.54, 1.807) is 55.5 Å². The number of anilines is 1. The topological polar surface area (TPSA) is 86.8 Å². The third-order valence-electron chi connectivity index (χ3n) is 7.40. The molecule has 4 aromatic rings. The van der Waals surface area contributed by atoms with Crippen LogP contribution in [0.1, 0.15) is 30.5 Å². The zero-order valence-electron chi connectivity index (χ0n) is 25.8.